The Hall–Kier alpha value is -1.43. The zero-order valence-electron chi connectivity index (χ0n) is 13.9. The molecule has 5 heteroatoms. The maximum atomic E-state index is 5.58. The lowest BCUT2D eigenvalue weighted by Gasteiger charge is -2.32. The molecule has 0 unspecified atom stereocenters. The first-order valence-electron chi connectivity index (χ1n) is 8.26. The van der Waals surface area contributed by atoms with Crippen LogP contribution in [0.15, 0.2) is 35.2 Å². The summed E-state index contributed by atoms with van der Waals surface area (Å²) in [7, 11) is 0. The summed E-state index contributed by atoms with van der Waals surface area (Å²) in [6.07, 6.45) is 3.34. The Morgan fingerprint density at radius 1 is 1.39 bits per heavy atom. The number of nitrogens with zero attached hydrogens (tertiary/aromatic N) is 2. The lowest BCUT2D eigenvalue weighted by atomic mass is 10.1. The van der Waals surface area contributed by atoms with Crippen molar-refractivity contribution in [2.75, 3.05) is 24.6 Å². The number of hydrogen-bond donors (Lipinski definition) is 1. The first-order chi connectivity index (χ1) is 11.2. The van der Waals surface area contributed by atoms with E-state index >= 15 is 0 Å². The molecule has 1 aliphatic rings. The number of morpholine rings is 1. The van der Waals surface area contributed by atoms with Gasteiger partial charge in [0.05, 0.1) is 12.7 Å². The average Bonchev–Trinajstić information content (AvgIpc) is 3.06. The van der Waals surface area contributed by atoms with Crippen LogP contribution in [0.2, 0.25) is 0 Å². The van der Waals surface area contributed by atoms with E-state index in [1.54, 1.807) is 11.3 Å². The van der Waals surface area contributed by atoms with Gasteiger partial charge in [-0.3, -0.25) is 0 Å². The highest BCUT2D eigenvalue weighted by molar-refractivity contribution is 7.07. The van der Waals surface area contributed by atoms with Gasteiger partial charge >= 0.3 is 0 Å². The normalized spacial score (nSPS) is 19.7. The van der Waals surface area contributed by atoms with Crippen LogP contribution in [0.5, 0.6) is 0 Å². The predicted molar refractivity (Wildman–Crippen MR) is 96.2 cm³/mol. The van der Waals surface area contributed by atoms with Crippen LogP contribution >= 0.6 is 11.3 Å². The third kappa shape index (κ3) is 4.77. The molecule has 124 valence electrons. The number of aromatic nitrogens is 1. The van der Waals surface area contributed by atoms with Gasteiger partial charge in [-0.1, -0.05) is 6.07 Å². The van der Waals surface area contributed by atoms with Crippen LogP contribution in [0, 0.1) is 0 Å². The predicted octanol–water partition coefficient (Wildman–Crippen LogP) is 3.09. The summed E-state index contributed by atoms with van der Waals surface area (Å²) in [4.78, 5) is 6.92. The molecule has 2 aromatic rings. The van der Waals surface area contributed by atoms with Crippen molar-refractivity contribution in [3.05, 3.63) is 46.3 Å². The first-order valence-corrected chi connectivity index (χ1v) is 9.21. The summed E-state index contributed by atoms with van der Waals surface area (Å²) in [6, 6.07) is 6.96. The molecule has 4 nitrogen and oxygen atoms in total. The van der Waals surface area contributed by atoms with E-state index < -0.39 is 0 Å². The van der Waals surface area contributed by atoms with Crippen LogP contribution in [-0.4, -0.2) is 36.8 Å². The van der Waals surface area contributed by atoms with E-state index in [1.807, 2.05) is 6.20 Å². The number of hydrogen-bond acceptors (Lipinski definition) is 5. The second-order valence-electron chi connectivity index (χ2n) is 6.27. The van der Waals surface area contributed by atoms with Crippen LogP contribution in [-0.2, 0) is 17.7 Å². The summed E-state index contributed by atoms with van der Waals surface area (Å²) in [5.74, 6) is 1.05. The van der Waals surface area contributed by atoms with Gasteiger partial charge in [-0.2, -0.15) is 11.3 Å². The minimum Gasteiger partial charge on any atom is -0.375 e. The number of anilines is 1. The Bertz CT molecular complexity index is 585. The molecule has 1 saturated heterocycles. The van der Waals surface area contributed by atoms with Crippen LogP contribution in [0.1, 0.15) is 25.0 Å². The molecule has 3 heterocycles. The fraction of sp³-hybridized carbons (Fsp3) is 0.500. The van der Waals surface area contributed by atoms with Crippen molar-refractivity contribution in [1.29, 1.82) is 0 Å². The van der Waals surface area contributed by atoms with E-state index in [2.05, 4.69) is 58.0 Å². The highest BCUT2D eigenvalue weighted by atomic mass is 32.1. The molecule has 0 spiro atoms. The van der Waals surface area contributed by atoms with Gasteiger partial charge in [0, 0.05) is 31.9 Å². The quantitative estimate of drug-likeness (QED) is 0.883. The smallest absolute Gasteiger partial charge is 0.128 e. The molecule has 0 aliphatic carbocycles. The molecule has 3 rings (SSSR count). The first kappa shape index (κ1) is 16.4. The minimum atomic E-state index is 0.282. The second-order valence-corrected chi connectivity index (χ2v) is 7.05. The maximum Gasteiger partial charge on any atom is 0.128 e. The standard InChI is InChI=1S/C18H25N3OS/c1-14(9-16-5-8-23-13-16)19-10-17-3-4-18(20-11-17)21-6-7-22-15(2)12-21/h3-5,8,11,13-15,19H,6-7,9-10,12H2,1-2H3/t14-,15-/m1/s1. The van der Waals surface area contributed by atoms with Gasteiger partial charge in [0.1, 0.15) is 5.82 Å². The number of pyridine rings is 1. The summed E-state index contributed by atoms with van der Waals surface area (Å²) in [5, 5.41) is 7.93. The van der Waals surface area contributed by atoms with E-state index in [1.165, 1.54) is 11.1 Å². The molecule has 0 radical (unpaired) electrons. The summed E-state index contributed by atoms with van der Waals surface area (Å²) in [5.41, 5.74) is 2.64. The van der Waals surface area contributed by atoms with Crippen molar-refractivity contribution in [2.45, 2.75) is 39.0 Å². The van der Waals surface area contributed by atoms with Gasteiger partial charge < -0.3 is 15.0 Å². The van der Waals surface area contributed by atoms with E-state index in [4.69, 9.17) is 4.74 Å². The summed E-state index contributed by atoms with van der Waals surface area (Å²) < 4.78 is 5.58. The highest BCUT2D eigenvalue weighted by Crippen LogP contribution is 2.15. The third-order valence-corrected chi connectivity index (χ3v) is 4.88. The Morgan fingerprint density at radius 3 is 3.00 bits per heavy atom. The molecule has 1 fully saturated rings. The largest absolute Gasteiger partial charge is 0.375 e. The zero-order valence-corrected chi connectivity index (χ0v) is 14.7. The molecule has 2 atom stereocenters. The second kappa shape index (κ2) is 7.90. The average molecular weight is 331 g/mol. The Kier molecular flexibility index (Phi) is 5.65. The molecule has 0 aromatic carbocycles. The Morgan fingerprint density at radius 2 is 2.30 bits per heavy atom. The molecule has 0 bridgehead atoms. The summed E-state index contributed by atoms with van der Waals surface area (Å²) >= 11 is 1.76. The van der Waals surface area contributed by atoms with Gasteiger partial charge in [-0.25, -0.2) is 4.98 Å². The highest BCUT2D eigenvalue weighted by Gasteiger charge is 2.17. The third-order valence-electron chi connectivity index (χ3n) is 4.15. The molecule has 2 aromatic heterocycles. The summed E-state index contributed by atoms with van der Waals surface area (Å²) in [6.45, 7) is 7.83. The molecule has 1 aliphatic heterocycles. The van der Waals surface area contributed by atoms with E-state index in [9.17, 15) is 0 Å². The molecular formula is C18H25N3OS. The topological polar surface area (TPSA) is 37.4 Å². The van der Waals surface area contributed by atoms with E-state index in [0.717, 1.165) is 38.5 Å². The van der Waals surface area contributed by atoms with Crippen LogP contribution in [0.3, 0.4) is 0 Å². The number of rotatable bonds is 6. The number of nitrogens with one attached hydrogen (secondary N) is 1. The number of ether oxygens (including phenoxy) is 1. The van der Waals surface area contributed by atoms with E-state index in [-0.39, 0.29) is 6.10 Å². The molecule has 23 heavy (non-hydrogen) atoms. The van der Waals surface area contributed by atoms with Crippen molar-refractivity contribution >= 4 is 17.2 Å². The Balaban J connectivity index is 1.49. The maximum absolute atomic E-state index is 5.58. The van der Waals surface area contributed by atoms with Crippen molar-refractivity contribution in [1.82, 2.24) is 10.3 Å². The molecule has 0 amide bonds. The van der Waals surface area contributed by atoms with Crippen LogP contribution in [0.4, 0.5) is 5.82 Å². The number of thiophene rings is 1. The SMILES string of the molecule is C[C@H](Cc1ccsc1)NCc1ccc(N2CCO[C@H](C)C2)nc1. The monoisotopic (exact) mass is 331 g/mol. The van der Waals surface area contributed by atoms with Gasteiger partial charge in [-0.15, -0.1) is 0 Å². The lowest BCUT2D eigenvalue weighted by molar-refractivity contribution is 0.0529. The molecular weight excluding hydrogens is 306 g/mol. The van der Waals surface area contributed by atoms with Crippen molar-refractivity contribution in [3.8, 4) is 0 Å². The minimum absolute atomic E-state index is 0.282. The zero-order chi connectivity index (χ0) is 16.1. The van der Waals surface area contributed by atoms with E-state index in [0.29, 0.717) is 6.04 Å². The van der Waals surface area contributed by atoms with Gasteiger partial charge in [0.25, 0.3) is 0 Å². The van der Waals surface area contributed by atoms with Crippen molar-refractivity contribution in [2.24, 2.45) is 0 Å². The Labute approximate surface area is 142 Å². The molecule has 0 saturated carbocycles. The van der Waals surface area contributed by atoms with Crippen LogP contribution in [0.25, 0.3) is 0 Å². The van der Waals surface area contributed by atoms with Gasteiger partial charge in [-0.05, 0) is 54.3 Å². The van der Waals surface area contributed by atoms with Crippen molar-refractivity contribution in [3.63, 3.8) is 0 Å². The van der Waals surface area contributed by atoms with Gasteiger partial charge in [0.2, 0.25) is 0 Å². The van der Waals surface area contributed by atoms with Gasteiger partial charge in [0.15, 0.2) is 0 Å². The lowest BCUT2D eigenvalue weighted by Crippen LogP contribution is -2.41. The van der Waals surface area contributed by atoms with Crippen molar-refractivity contribution < 1.29 is 4.74 Å². The van der Waals surface area contributed by atoms with Crippen LogP contribution < -0.4 is 10.2 Å². The fourth-order valence-electron chi connectivity index (χ4n) is 2.86. The fourth-order valence-corrected chi connectivity index (χ4v) is 3.54. The molecule has 1 N–H and O–H groups in total.